The van der Waals surface area contributed by atoms with Crippen LogP contribution in [0.3, 0.4) is 0 Å². The Bertz CT molecular complexity index is 368. The van der Waals surface area contributed by atoms with E-state index < -0.39 is 23.6 Å². The minimum absolute atomic E-state index is 0.0374. The average molecular weight is 255 g/mol. The molecular weight excluding hydrogens is 234 g/mol. The van der Waals surface area contributed by atoms with Gasteiger partial charge < -0.3 is 14.7 Å². The van der Waals surface area contributed by atoms with Crippen LogP contribution in [0.4, 0.5) is 4.79 Å². The number of rotatable bonds is 1. The number of carbonyl (C=O) groups is 2. The molecule has 1 atom stereocenters. The molecule has 0 aromatic rings. The lowest BCUT2D eigenvalue weighted by Gasteiger charge is -2.37. The molecule has 102 valence electrons. The van der Waals surface area contributed by atoms with Gasteiger partial charge in [0.05, 0.1) is 5.92 Å². The van der Waals surface area contributed by atoms with Gasteiger partial charge in [0.1, 0.15) is 5.60 Å². The van der Waals surface area contributed by atoms with Crippen LogP contribution in [0.2, 0.25) is 0 Å². The number of hydrogen-bond donors (Lipinski definition) is 1. The second-order valence-corrected chi connectivity index (χ2v) is 6.43. The number of amides is 1. The van der Waals surface area contributed by atoms with E-state index in [2.05, 4.69) is 0 Å². The van der Waals surface area contributed by atoms with Crippen molar-refractivity contribution in [3.05, 3.63) is 0 Å². The number of piperidine rings is 1. The van der Waals surface area contributed by atoms with E-state index in [4.69, 9.17) is 4.74 Å². The summed E-state index contributed by atoms with van der Waals surface area (Å²) < 4.78 is 5.29. The Morgan fingerprint density at radius 1 is 1.28 bits per heavy atom. The van der Waals surface area contributed by atoms with Gasteiger partial charge >= 0.3 is 12.1 Å². The van der Waals surface area contributed by atoms with Crippen LogP contribution in [0.15, 0.2) is 0 Å². The van der Waals surface area contributed by atoms with Crippen LogP contribution in [0, 0.1) is 11.3 Å². The molecule has 0 bridgehead atoms. The van der Waals surface area contributed by atoms with Gasteiger partial charge in [0, 0.05) is 13.1 Å². The Hall–Kier alpha value is -1.26. The fourth-order valence-electron chi connectivity index (χ4n) is 2.63. The molecule has 1 aliphatic heterocycles. The number of carboxylic acids is 1. The number of nitrogens with zero attached hydrogens (tertiary/aromatic N) is 1. The van der Waals surface area contributed by atoms with Crippen LogP contribution in [-0.2, 0) is 9.53 Å². The molecule has 2 rings (SSSR count). The highest BCUT2D eigenvalue weighted by atomic mass is 16.6. The van der Waals surface area contributed by atoms with Crippen molar-refractivity contribution in [1.82, 2.24) is 4.90 Å². The lowest BCUT2D eigenvalue weighted by atomic mass is 9.82. The van der Waals surface area contributed by atoms with Crippen LogP contribution in [0.25, 0.3) is 0 Å². The molecule has 1 heterocycles. The Labute approximate surface area is 107 Å². The van der Waals surface area contributed by atoms with E-state index in [1.54, 1.807) is 0 Å². The van der Waals surface area contributed by atoms with Gasteiger partial charge in [0.25, 0.3) is 0 Å². The van der Waals surface area contributed by atoms with E-state index in [0.717, 1.165) is 19.3 Å². The van der Waals surface area contributed by atoms with Gasteiger partial charge in [-0.3, -0.25) is 4.79 Å². The lowest BCUT2D eigenvalue weighted by Crippen LogP contribution is -2.48. The summed E-state index contributed by atoms with van der Waals surface area (Å²) in [6, 6.07) is 0. The molecule has 0 aromatic heterocycles. The molecule has 18 heavy (non-hydrogen) atoms. The van der Waals surface area contributed by atoms with E-state index in [-0.39, 0.29) is 12.0 Å². The Balaban J connectivity index is 2.00. The highest BCUT2D eigenvalue weighted by Crippen LogP contribution is 2.57. The summed E-state index contributed by atoms with van der Waals surface area (Å²) in [6.07, 6.45) is 2.34. The van der Waals surface area contributed by atoms with Gasteiger partial charge in [-0.15, -0.1) is 0 Å². The van der Waals surface area contributed by atoms with Crippen molar-refractivity contribution in [1.29, 1.82) is 0 Å². The SMILES string of the molecule is CC(C)(C)OC(=O)N1CCC2(CC2)C(C(=O)O)C1. The Morgan fingerprint density at radius 2 is 1.89 bits per heavy atom. The van der Waals surface area contributed by atoms with Crippen molar-refractivity contribution in [3.63, 3.8) is 0 Å². The van der Waals surface area contributed by atoms with Gasteiger partial charge in [0.15, 0.2) is 0 Å². The molecule has 1 amide bonds. The molecule has 2 fully saturated rings. The standard InChI is InChI=1S/C13H21NO4/c1-12(2,3)18-11(17)14-7-6-13(4-5-13)9(8-14)10(15)16/h9H,4-8H2,1-3H3,(H,15,16). The third-order valence-corrected chi connectivity index (χ3v) is 3.86. The minimum Gasteiger partial charge on any atom is -0.481 e. The molecule has 5 nitrogen and oxygen atoms in total. The maximum Gasteiger partial charge on any atom is 0.410 e. The monoisotopic (exact) mass is 255 g/mol. The van der Waals surface area contributed by atoms with E-state index in [1.807, 2.05) is 20.8 Å². The van der Waals surface area contributed by atoms with E-state index in [0.29, 0.717) is 6.54 Å². The first kappa shape index (κ1) is 13.2. The van der Waals surface area contributed by atoms with Gasteiger partial charge in [-0.25, -0.2) is 4.79 Å². The predicted molar refractivity (Wildman–Crippen MR) is 65.2 cm³/mol. The van der Waals surface area contributed by atoms with Crippen molar-refractivity contribution in [2.45, 2.75) is 45.6 Å². The smallest absolute Gasteiger partial charge is 0.410 e. The van der Waals surface area contributed by atoms with Crippen LogP contribution in [0.5, 0.6) is 0 Å². The van der Waals surface area contributed by atoms with Gasteiger partial charge in [0.2, 0.25) is 0 Å². The summed E-state index contributed by atoms with van der Waals surface area (Å²) in [6.45, 7) is 6.33. The second-order valence-electron chi connectivity index (χ2n) is 6.43. The van der Waals surface area contributed by atoms with Crippen molar-refractivity contribution in [3.8, 4) is 0 Å². The first-order valence-electron chi connectivity index (χ1n) is 6.44. The van der Waals surface area contributed by atoms with Crippen molar-refractivity contribution in [2.24, 2.45) is 11.3 Å². The van der Waals surface area contributed by atoms with Crippen LogP contribution in [0.1, 0.15) is 40.0 Å². The summed E-state index contributed by atoms with van der Waals surface area (Å²) in [5, 5.41) is 9.27. The number of aliphatic carboxylic acids is 1. The zero-order valence-electron chi connectivity index (χ0n) is 11.2. The summed E-state index contributed by atoms with van der Waals surface area (Å²) >= 11 is 0. The molecular formula is C13H21NO4. The summed E-state index contributed by atoms with van der Waals surface area (Å²) in [5.41, 5.74) is -0.575. The molecule has 0 radical (unpaired) electrons. The molecule has 1 saturated heterocycles. The summed E-state index contributed by atoms with van der Waals surface area (Å²) in [4.78, 5) is 24.7. The van der Waals surface area contributed by atoms with E-state index in [9.17, 15) is 14.7 Å². The fraction of sp³-hybridized carbons (Fsp3) is 0.846. The van der Waals surface area contributed by atoms with Gasteiger partial charge in [-0.05, 0) is 45.4 Å². The number of carboxylic acid groups (broad SMARTS) is 1. The minimum atomic E-state index is -0.791. The predicted octanol–water partition coefficient (Wildman–Crippen LogP) is 2.11. The highest BCUT2D eigenvalue weighted by molar-refractivity contribution is 5.74. The zero-order chi connectivity index (χ0) is 13.6. The average Bonchev–Trinajstić information content (AvgIpc) is 2.96. The Kier molecular flexibility index (Phi) is 3.03. The van der Waals surface area contributed by atoms with Gasteiger partial charge in [-0.1, -0.05) is 0 Å². The number of hydrogen-bond acceptors (Lipinski definition) is 3. The van der Waals surface area contributed by atoms with Crippen molar-refractivity contribution < 1.29 is 19.4 Å². The molecule has 2 aliphatic rings. The molecule has 1 unspecified atom stereocenters. The lowest BCUT2D eigenvalue weighted by molar-refractivity contribution is -0.146. The summed E-state index contributed by atoms with van der Waals surface area (Å²) in [7, 11) is 0. The molecule has 1 spiro atoms. The Morgan fingerprint density at radius 3 is 2.33 bits per heavy atom. The molecule has 5 heteroatoms. The normalized spacial score (nSPS) is 25.9. The van der Waals surface area contributed by atoms with Crippen LogP contribution >= 0.6 is 0 Å². The number of likely N-dealkylation sites (tertiary alicyclic amines) is 1. The molecule has 1 aliphatic carbocycles. The third kappa shape index (κ3) is 2.60. The van der Waals surface area contributed by atoms with E-state index in [1.165, 1.54) is 4.90 Å². The molecule has 0 aromatic carbocycles. The molecule has 1 N–H and O–H groups in total. The van der Waals surface area contributed by atoms with Crippen LogP contribution in [-0.4, -0.2) is 40.8 Å². The van der Waals surface area contributed by atoms with E-state index >= 15 is 0 Å². The maximum absolute atomic E-state index is 11.9. The highest BCUT2D eigenvalue weighted by Gasteiger charge is 2.55. The van der Waals surface area contributed by atoms with Crippen molar-refractivity contribution >= 4 is 12.1 Å². The number of ether oxygens (including phenoxy) is 1. The quantitative estimate of drug-likeness (QED) is 0.779. The third-order valence-electron chi connectivity index (χ3n) is 3.86. The summed E-state index contributed by atoms with van der Waals surface area (Å²) in [5.74, 6) is -1.22. The zero-order valence-corrected chi connectivity index (χ0v) is 11.2. The molecule has 1 saturated carbocycles. The first-order chi connectivity index (χ1) is 8.23. The van der Waals surface area contributed by atoms with Gasteiger partial charge in [-0.2, -0.15) is 0 Å². The largest absolute Gasteiger partial charge is 0.481 e. The van der Waals surface area contributed by atoms with Crippen molar-refractivity contribution in [2.75, 3.05) is 13.1 Å². The topological polar surface area (TPSA) is 66.8 Å². The maximum atomic E-state index is 11.9. The second kappa shape index (κ2) is 4.14. The van der Waals surface area contributed by atoms with Crippen LogP contribution < -0.4 is 0 Å². The fourth-order valence-corrected chi connectivity index (χ4v) is 2.63. The first-order valence-corrected chi connectivity index (χ1v) is 6.44. The number of carbonyl (C=O) groups excluding carboxylic acids is 1.